The van der Waals surface area contributed by atoms with E-state index in [-0.39, 0.29) is 24.8 Å². The second kappa shape index (κ2) is 18.6. The maximum Gasteiger partial charge on any atom is 0.138 e. The normalized spacial score (nSPS) is 10.5. The Bertz CT molecular complexity index is 678. The van der Waals surface area contributed by atoms with Gasteiger partial charge in [0.15, 0.2) is 0 Å². The van der Waals surface area contributed by atoms with Crippen LogP contribution < -0.4 is 10.1 Å². The Balaban J connectivity index is 0.00000450. The molecule has 2 aromatic rings. The van der Waals surface area contributed by atoms with Crippen LogP contribution in [0.25, 0.3) is 0 Å². The lowest BCUT2D eigenvalue weighted by Gasteiger charge is -2.22. The van der Waals surface area contributed by atoms with Crippen LogP contribution in [0.15, 0.2) is 48.5 Å². The van der Waals surface area contributed by atoms with Crippen LogP contribution in [0.1, 0.15) is 57.1 Å². The van der Waals surface area contributed by atoms with Crippen molar-refractivity contribution in [3.05, 3.63) is 64.7 Å². The summed E-state index contributed by atoms with van der Waals surface area (Å²) in [7, 11) is 0. The second-order valence-corrected chi connectivity index (χ2v) is 8.03. The van der Waals surface area contributed by atoms with E-state index in [1.165, 1.54) is 57.3 Å². The molecule has 0 saturated carbocycles. The molecule has 0 aromatic heterocycles. The van der Waals surface area contributed by atoms with Crippen LogP contribution >= 0.6 is 36.4 Å². The zero-order chi connectivity index (χ0) is 20.7. The molecule has 0 aliphatic carbocycles. The minimum atomic E-state index is 0. The third kappa shape index (κ3) is 12.6. The minimum absolute atomic E-state index is 0. The molecule has 2 rings (SSSR count). The lowest BCUT2D eigenvalue weighted by Crippen LogP contribution is -2.29. The van der Waals surface area contributed by atoms with Gasteiger partial charge in [0, 0.05) is 6.54 Å². The van der Waals surface area contributed by atoms with Gasteiger partial charge in [-0.2, -0.15) is 0 Å². The first-order chi connectivity index (χ1) is 14.2. The van der Waals surface area contributed by atoms with E-state index in [0.29, 0.717) is 11.6 Å². The van der Waals surface area contributed by atoms with Crippen molar-refractivity contribution in [3.8, 4) is 5.75 Å². The van der Waals surface area contributed by atoms with Crippen LogP contribution in [0.3, 0.4) is 0 Å². The molecule has 176 valence electrons. The van der Waals surface area contributed by atoms with Crippen molar-refractivity contribution in [2.75, 3.05) is 26.2 Å². The summed E-state index contributed by atoms with van der Waals surface area (Å²) >= 11 is 6.41. The number of ether oxygens (including phenoxy) is 1. The van der Waals surface area contributed by atoms with Crippen molar-refractivity contribution < 1.29 is 4.74 Å². The Morgan fingerprint density at radius 1 is 0.839 bits per heavy atom. The molecule has 0 amide bonds. The molecule has 0 heterocycles. The Kier molecular flexibility index (Phi) is 18.0. The van der Waals surface area contributed by atoms with Crippen LogP contribution in [-0.4, -0.2) is 31.1 Å². The summed E-state index contributed by atoms with van der Waals surface area (Å²) in [5.74, 6) is 0.738. The highest BCUT2D eigenvalue weighted by molar-refractivity contribution is 6.32. The van der Waals surface area contributed by atoms with Crippen LogP contribution in [0, 0.1) is 0 Å². The fourth-order valence-corrected chi connectivity index (χ4v) is 3.52. The third-order valence-electron chi connectivity index (χ3n) is 5.05. The average Bonchev–Trinajstić information content (AvgIpc) is 2.75. The molecule has 2 aromatic carbocycles. The van der Waals surface area contributed by atoms with Crippen molar-refractivity contribution >= 4 is 36.4 Å². The standard InChI is InChI=1S/C25H37ClN2O.2ClH/c1-3-5-16-28(17-6-4-2)18-10-15-27-20-23-13-14-25(24(26)19-23)29-21-22-11-8-7-9-12-22;;/h7-9,11-14,19,27H,3-6,10,15-18,20-21H2,1-2H3;2*1H. The van der Waals surface area contributed by atoms with Crippen LogP contribution in [0.5, 0.6) is 5.75 Å². The molecular formula is C25H39Cl3N2O. The Hall–Kier alpha value is -0.970. The van der Waals surface area contributed by atoms with E-state index in [1.807, 2.05) is 30.3 Å². The topological polar surface area (TPSA) is 24.5 Å². The molecule has 3 nitrogen and oxygen atoms in total. The first-order valence-electron chi connectivity index (χ1n) is 11.1. The molecule has 0 radical (unpaired) electrons. The molecular weight excluding hydrogens is 451 g/mol. The van der Waals surface area contributed by atoms with Gasteiger partial charge in [-0.25, -0.2) is 0 Å². The summed E-state index contributed by atoms with van der Waals surface area (Å²) in [6, 6.07) is 16.2. The molecule has 6 heteroatoms. The van der Waals surface area contributed by atoms with Crippen molar-refractivity contribution in [2.45, 2.75) is 59.1 Å². The number of nitrogens with one attached hydrogen (secondary N) is 1. The molecule has 1 N–H and O–H groups in total. The molecule has 0 saturated heterocycles. The maximum absolute atomic E-state index is 6.41. The van der Waals surface area contributed by atoms with Crippen molar-refractivity contribution in [2.24, 2.45) is 0 Å². The van der Waals surface area contributed by atoms with E-state index in [4.69, 9.17) is 16.3 Å². The quantitative estimate of drug-likeness (QED) is 0.269. The van der Waals surface area contributed by atoms with Gasteiger partial charge in [0.2, 0.25) is 0 Å². The summed E-state index contributed by atoms with van der Waals surface area (Å²) in [5, 5.41) is 4.22. The van der Waals surface area contributed by atoms with Gasteiger partial charge in [0.05, 0.1) is 5.02 Å². The van der Waals surface area contributed by atoms with Crippen molar-refractivity contribution in [1.82, 2.24) is 10.2 Å². The number of unbranched alkanes of at least 4 members (excludes halogenated alkanes) is 2. The van der Waals surface area contributed by atoms with E-state index in [2.05, 4.69) is 42.3 Å². The molecule has 31 heavy (non-hydrogen) atoms. The number of rotatable bonds is 15. The zero-order valence-electron chi connectivity index (χ0n) is 18.9. The zero-order valence-corrected chi connectivity index (χ0v) is 21.3. The third-order valence-corrected chi connectivity index (χ3v) is 5.34. The summed E-state index contributed by atoms with van der Waals surface area (Å²) in [5.41, 5.74) is 2.33. The molecule has 0 bridgehead atoms. The second-order valence-electron chi connectivity index (χ2n) is 7.62. The number of nitrogens with zero attached hydrogens (tertiary/aromatic N) is 1. The molecule has 0 fully saturated rings. The number of halogens is 3. The Morgan fingerprint density at radius 2 is 1.48 bits per heavy atom. The molecule has 0 aliphatic rings. The van der Waals surface area contributed by atoms with Gasteiger partial charge in [0.1, 0.15) is 12.4 Å². The minimum Gasteiger partial charge on any atom is -0.487 e. The van der Waals surface area contributed by atoms with E-state index in [9.17, 15) is 0 Å². The van der Waals surface area contributed by atoms with Gasteiger partial charge in [0.25, 0.3) is 0 Å². The van der Waals surface area contributed by atoms with Crippen molar-refractivity contribution in [1.29, 1.82) is 0 Å². The van der Waals surface area contributed by atoms with Gasteiger partial charge in [-0.15, -0.1) is 24.8 Å². The number of benzene rings is 2. The smallest absolute Gasteiger partial charge is 0.138 e. The largest absolute Gasteiger partial charge is 0.487 e. The first-order valence-corrected chi connectivity index (χ1v) is 11.5. The van der Waals surface area contributed by atoms with Crippen LogP contribution in [0.4, 0.5) is 0 Å². The molecule has 0 aliphatic heterocycles. The van der Waals surface area contributed by atoms with Crippen molar-refractivity contribution in [3.63, 3.8) is 0 Å². The van der Waals surface area contributed by atoms with E-state index >= 15 is 0 Å². The fourth-order valence-electron chi connectivity index (χ4n) is 3.27. The maximum atomic E-state index is 6.41. The average molecular weight is 490 g/mol. The molecule has 0 spiro atoms. The van der Waals surface area contributed by atoms with Gasteiger partial charge >= 0.3 is 0 Å². The lowest BCUT2D eigenvalue weighted by atomic mass is 10.2. The summed E-state index contributed by atoms with van der Waals surface area (Å²) in [4.78, 5) is 2.62. The van der Waals surface area contributed by atoms with Crippen LogP contribution in [-0.2, 0) is 13.2 Å². The van der Waals surface area contributed by atoms with E-state index < -0.39 is 0 Å². The SMILES string of the molecule is CCCCN(CCCC)CCCNCc1ccc(OCc2ccccc2)c(Cl)c1.Cl.Cl. The number of hydrogen-bond donors (Lipinski definition) is 1. The van der Waals surface area contributed by atoms with E-state index in [0.717, 1.165) is 24.4 Å². The Morgan fingerprint density at radius 3 is 2.10 bits per heavy atom. The fraction of sp³-hybridized carbons (Fsp3) is 0.520. The number of hydrogen-bond acceptors (Lipinski definition) is 3. The highest BCUT2D eigenvalue weighted by atomic mass is 35.5. The summed E-state index contributed by atoms with van der Waals surface area (Å²) in [6.07, 6.45) is 6.32. The summed E-state index contributed by atoms with van der Waals surface area (Å²) in [6.45, 7) is 10.6. The van der Waals surface area contributed by atoms with Gasteiger partial charge in [-0.3, -0.25) is 0 Å². The predicted octanol–water partition coefficient (Wildman–Crippen LogP) is 7.14. The first kappa shape index (κ1) is 30.0. The predicted molar refractivity (Wildman–Crippen MR) is 139 cm³/mol. The monoisotopic (exact) mass is 488 g/mol. The lowest BCUT2D eigenvalue weighted by molar-refractivity contribution is 0.261. The highest BCUT2D eigenvalue weighted by Crippen LogP contribution is 2.26. The highest BCUT2D eigenvalue weighted by Gasteiger charge is 2.05. The molecule has 0 atom stereocenters. The molecule has 0 unspecified atom stereocenters. The summed E-state index contributed by atoms with van der Waals surface area (Å²) < 4.78 is 5.85. The van der Waals surface area contributed by atoms with E-state index in [1.54, 1.807) is 0 Å². The van der Waals surface area contributed by atoms with Crippen LogP contribution in [0.2, 0.25) is 5.02 Å². The van der Waals surface area contributed by atoms with Gasteiger partial charge < -0.3 is 15.0 Å². The van der Waals surface area contributed by atoms with Gasteiger partial charge in [-0.1, -0.05) is 74.7 Å². The Labute approximate surface area is 206 Å². The van der Waals surface area contributed by atoms with Gasteiger partial charge in [-0.05, 0) is 68.7 Å².